The molecule has 0 saturated carbocycles. The Kier molecular flexibility index (Phi) is 7.51. The molecule has 0 bridgehead atoms. The van der Waals surface area contributed by atoms with E-state index in [1.165, 1.54) is 0 Å². The maximum absolute atomic E-state index is 12.8. The van der Waals surface area contributed by atoms with E-state index < -0.39 is 5.60 Å². The van der Waals surface area contributed by atoms with Crippen LogP contribution < -0.4 is 10.5 Å². The summed E-state index contributed by atoms with van der Waals surface area (Å²) in [7, 11) is 0. The molecule has 1 aliphatic heterocycles. The van der Waals surface area contributed by atoms with Crippen LogP contribution in [0.2, 0.25) is 0 Å². The van der Waals surface area contributed by atoms with Crippen molar-refractivity contribution in [1.29, 1.82) is 0 Å². The fourth-order valence-electron chi connectivity index (χ4n) is 4.38. The lowest BCUT2D eigenvalue weighted by atomic mass is 9.83. The van der Waals surface area contributed by atoms with Crippen LogP contribution in [0.3, 0.4) is 0 Å². The Morgan fingerprint density at radius 1 is 1.18 bits per heavy atom. The van der Waals surface area contributed by atoms with Crippen LogP contribution in [0.15, 0.2) is 47.6 Å². The number of oxime groups is 1. The Morgan fingerprint density at radius 3 is 2.52 bits per heavy atom. The van der Waals surface area contributed by atoms with E-state index in [1.807, 2.05) is 69.0 Å². The number of hydrogen-bond donors (Lipinski definition) is 2. The Balaban J connectivity index is 1.87. The van der Waals surface area contributed by atoms with E-state index in [2.05, 4.69) is 18.1 Å². The van der Waals surface area contributed by atoms with Crippen molar-refractivity contribution in [2.45, 2.75) is 71.4 Å². The third-order valence-electron chi connectivity index (χ3n) is 5.98. The summed E-state index contributed by atoms with van der Waals surface area (Å²) in [6.45, 7) is 10.3. The Labute approximate surface area is 196 Å². The topological polar surface area (TPSA) is 97.4 Å². The molecule has 0 fully saturated rings. The molecule has 33 heavy (non-hydrogen) atoms. The Hall–Kier alpha value is -3.22. The molecule has 0 spiro atoms. The maximum atomic E-state index is 12.8. The minimum Gasteiger partial charge on any atom is -0.457 e. The summed E-state index contributed by atoms with van der Waals surface area (Å²) >= 11 is 0. The molecule has 0 aliphatic carbocycles. The van der Waals surface area contributed by atoms with E-state index in [9.17, 15) is 4.79 Å². The fourth-order valence-corrected chi connectivity index (χ4v) is 4.38. The first-order chi connectivity index (χ1) is 15.7. The highest BCUT2D eigenvalue weighted by molar-refractivity contribution is 5.97. The van der Waals surface area contributed by atoms with Gasteiger partial charge in [0.05, 0.1) is 0 Å². The highest BCUT2D eigenvalue weighted by Gasteiger charge is 2.31. The molecule has 3 N–H and O–H groups in total. The molecule has 1 heterocycles. The van der Waals surface area contributed by atoms with Gasteiger partial charge in [0, 0.05) is 35.2 Å². The van der Waals surface area contributed by atoms with E-state index in [0.29, 0.717) is 17.9 Å². The van der Waals surface area contributed by atoms with Crippen molar-refractivity contribution in [3.63, 3.8) is 0 Å². The highest BCUT2D eigenvalue weighted by Crippen LogP contribution is 2.46. The van der Waals surface area contributed by atoms with Crippen LogP contribution >= 0.6 is 0 Å². The molecule has 2 unspecified atom stereocenters. The number of carbonyl (C=O) groups is 1. The smallest absolute Gasteiger partial charge is 0.410 e. The molecular weight excluding hydrogens is 418 g/mol. The van der Waals surface area contributed by atoms with Crippen molar-refractivity contribution < 1.29 is 19.5 Å². The zero-order valence-corrected chi connectivity index (χ0v) is 20.2. The van der Waals surface area contributed by atoms with Gasteiger partial charge < -0.3 is 25.3 Å². The van der Waals surface area contributed by atoms with Gasteiger partial charge in [-0.1, -0.05) is 42.4 Å². The monoisotopic (exact) mass is 453 g/mol. The maximum Gasteiger partial charge on any atom is 0.410 e. The van der Waals surface area contributed by atoms with Gasteiger partial charge in [-0.25, -0.2) is 4.79 Å². The van der Waals surface area contributed by atoms with Crippen molar-refractivity contribution in [3.05, 3.63) is 59.2 Å². The largest absolute Gasteiger partial charge is 0.457 e. The highest BCUT2D eigenvalue weighted by atomic mass is 16.6. The van der Waals surface area contributed by atoms with Crippen LogP contribution in [0.5, 0.6) is 11.5 Å². The summed E-state index contributed by atoms with van der Waals surface area (Å²) in [5, 5.41) is 12.1. The lowest BCUT2D eigenvalue weighted by Gasteiger charge is -2.34. The number of nitrogens with zero attached hydrogens (tertiary/aromatic N) is 2. The van der Waals surface area contributed by atoms with E-state index in [-0.39, 0.29) is 23.9 Å². The van der Waals surface area contributed by atoms with Crippen molar-refractivity contribution in [1.82, 2.24) is 4.90 Å². The molecule has 7 heteroatoms. The van der Waals surface area contributed by atoms with Crippen molar-refractivity contribution in [3.8, 4) is 11.5 Å². The van der Waals surface area contributed by atoms with Gasteiger partial charge >= 0.3 is 6.09 Å². The van der Waals surface area contributed by atoms with E-state index in [0.717, 1.165) is 36.1 Å². The van der Waals surface area contributed by atoms with E-state index >= 15 is 0 Å². The SMILES string of the molecule is CCC(CCC1c2ccccc2Oc2cc(/C(N)=N/O)ccc21)N(CC)C(=O)OC(C)(C)C. The summed E-state index contributed by atoms with van der Waals surface area (Å²) in [6.07, 6.45) is 2.23. The summed E-state index contributed by atoms with van der Waals surface area (Å²) in [5.41, 5.74) is 8.04. The van der Waals surface area contributed by atoms with Crippen LogP contribution in [-0.2, 0) is 4.74 Å². The van der Waals surface area contributed by atoms with Crippen molar-refractivity contribution in [2.24, 2.45) is 10.9 Å². The van der Waals surface area contributed by atoms with Crippen molar-refractivity contribution in [2.75, 3.05) is 6.54 Å². The molecule has 1 aliphatic rings. The summed E-state index contributed by atoms with van der Waals surface area (Å²) in [4.78, 5) is 14.6. The zero-order valence-electron chi connectivity index (χ0n) is 20.2. The first-order valence-electron chi connectivity index (χ1n) is 11.6. The number of amidine groups is 1. The van der Waals surface area contributed by atoms with Crippen LogP contribution in [-0.4, -0.2) is 40.2 Å². The van der Waals surface area contributed by atoms with Crippen LogP contribution in [0.4, 0.5) is 4.79 Å². The van der Waals surface area contributed by atoms with Gasteiger partial charge in [0.15, 0.2) is 5.84 Å². The summed E-state index contributed by atoms with van der Waals surface area (Å²) in [5.74, 6) is 1.66. The van der Waals surface area contributed by atoms with E-state index in [1.54, 1.807) is 0 Å². The summed E-state index contributed by atoms with van der Waals surface area (Å²) in [6, 6.07) is 13.7. The second-order valence-electron chi connectivity index (χ2n) is 9.34. The van der Waals surface area contributed by atoms with Crippen LogP contribution in [0.1, 0.15) is 76.5 Å². The van der Waals surface area contributed by atoms with Gasteiger partial charge in [0.25, 0.3) is 0 Å². The number of rotatable bonds is 7. The standard InChI is InChI=1S/C26H35N3O4/c1-6-18(29(7-2)25(30)33-26(3,4)5)13-15-19-20-10-8-9-11-22(20)32-23-16-17(24(27)28-31)12-14-21(19)23/h8-12,14,16,18-19,31H,6-7,13,15H2,1-5H3,(H2,27,28). The molecule has 0 aromatic heterocycles. The average Bonchev–Trinajstić information content (AvgIpc) is 2.78. The molecule has 0 saturated heterocycles. The molecule has 2 aromatic carbocycles. The van der Waals surface area contributed by atoms with Gasteiger partial charge in [-0.2, -0.15) is 0 Å². The van der Waals surface area contributed by atoms with E-state index in [4.69, 9.17) is 20.4 Å². The first kappa shape index (κ1) is 24.4. The normalized spacial score (nSPS) is 16.3. The summed E-state index contributed by atoms with van der Waals surface area (Å²) < 4.78 is 11.8. The zero-order chi connectivity index (χ0) is 24.2. The quantitative estimate of drug-likeness (QED) is 0.238. The fraction of sp³-hybridized carbons (Fsp3) is 0.462. The van der Waals surface area contributed by atoms with Gasteiger partial charge in [-0.15, -0.1) is 0 Å². The van der Waals surface area contributed by atoms with Crippen LogP contribution in [0, 0.1) is 0 Å². The van der Waals surface area contributed by atoms with Crippen molar-refractivity contribution >= 4 is 11.9 Å². The number of fused-ring (bicyclic) bond motifs is 2. The Morgan fingerprint density at radius 2 is 1.88 bits per heavy atom. The predicted molar refractivity (Wildman–Crippen MR) is 129 cm³/mol. The van der Waals surface area contributed by atoms with Gasteiger partial charge in [-0.05, 0) is 59.1 Å². The third kappa shape index (κ3) is 5.59. The second kappa shape index (κ2) is 10.1. The third-order valence-corrected chi connectivity index (χ3v) is 5.98. The second-order valence-corrected chi connectivity index (χ2v) is 9.34. The minimum absolute atomic E-state index is 0.0406. The number of para-hydroxylation sites is 1. The van der Waals surface area contributed by atoms with Gasteiger partial charge in [0.1, 0.15) is 17.1 Å². The predicted octanol–water partition coefficient (Wildman–Crippen LogP) is 5.83. The van der Waals surface area contributed by atoms with Crippen LogP contribution in [0.25, 0.3) is 0 Å². The number of carbonyl (C=O) groups excluding carboxylic acids is 1. The molecular formula is C26H35N3O4. The molecule has 3 rings (SSSR count). The minimum atomic E-state index is -0.529. The molecule has 1 amide bonds. The first-order valence-corrected chi connectivity index (χ1v) is 11.6. The van der Waals surface area contributed by atoms with Gasteiger partial charge in [-0.3, -0.25) is 0 Å². The Bertz CT molecular complexity index is 1010. The van der Waals surface area contributed by atoms with Gasteiger partial charge in [0.2, 0.25) is 0 Å². The number of amides is 1. The number of hydrogen-bond acceptors (Lipinski definition) is 5. The molecule has 2 aromatic rings. The molecule has 178 valence electrons. The number of ether oxygens (including phenoxy) is 2. The number of benzene rings is 2. The molecule has 2 atom stereocenters. The molecule has 0 radical (unpaired) electrons. The number of nitrogens with two attached hydrogens (primary N) is 1. The lowest BCUT2D eigenvalue weighted by molar-refractivity contribution is 0.0157. The average molecular weight is 454 g/mol. The lowest BCUT2D eigenvalue weighted by Crippen LogP contribution is -2.43. The molecule has 7 nitrogen and oxygen atoms in total.